The summed E-state index contributed by atoms with van der Waals surface area (Å²) >= 11 is 3.36. The standard InChI is InChI=1S/C15H13BrN2O2/c1-10-7-8-13(12(16)9-10)17-15(20)18-14(19)11-5-3-2-4-6-11/h2-9H,1H3,(H2,17,18,19,20). The van der Waals surface area contributed by atoms with Crippen molar-refractivity contribution >= 4 is 33.6 Å². The fraction of sp³-hybridized carbons (Fsp3) is 0.0667. The average molecular weight is 333 g/mol. The van der Waals surface area contributed by atoms with Gasteiger partial charge < -0.3 is 5.32 Å². The maximum atomic E-state index is 11.8. The number of aryl methyl sites for hydroxylation is 1. The lowest BCUT2D eigenvalue weighted by Crippen LogP contribution is -2.34. The van der Waals surface area contributed by atoms with Crippen molar-refractivity contribution in [1.82, 2.24) is 5.32 Å². The van der Waals surface area contributed by atoms with Gasteiger partial charge in [0.25, 0.3) is 5.91 Å². The van der Waals surface area contributed by atoms with Crippen LogP contribution in [0.1, 0.15) is 15.9 Å². The highest BCUT2D eigenvalue weighted by molar-refractivity contribution is 9.10. The second-order valence-corrected chi connectivity index (χ2v) is 5.11. The molecule has 0 unspecified atom stereocenters. The zero-order valence-electron chi connectivity index (χ0n) is 10.8. The van der Waals surface area contributed by atoms with Crippen LogP contribution in [0.15, 0.2) is 53.0 Å². The minimum atomic E-state index is -0.566. The number of halogens is 1. The van der Waals surface area contributed by atoms with Crippen molar-refractivity contribution in [2.24, 2.45) is 0 Å². The van der Waals surface area contributed by atoms with Crippen LogP contribution in [0.3, 0.4) is 0 Å². The van der Waals surface area contributed by atoms with Crippen LogP contribution in [0.25, 0.3) is 0 Å². The van der Waals surface area contributed by atoms with Gasteiger partial charge in [0.15, 0.2) is 0 Å². The summed E-state index contributed by atoms with van der Waals surface area (Å²) in [6.45, 7) is 1.95. The molecule has 0 aliphatic rings. The monoisotopic (exact) mass is 332 g/mol. The summed E-state index contributed by atoms with van der Waals surface area (Å²) in [4.78, 5) is 23.6. The molecular weight excluding hydrogens is 320 g/mol. The van der Waals surface area contributed by atoms with Crippen LogP contribution in [-0.2, 0) is 0 Å². The Morgan fingerprint density at radius 3 is 2.40 bits per heavy atom. The topological polar surface area (TPSA) is 58.2 Å². The molecule has 0 aromatic heterocycles. The van der Waals surface area contributed by atoms with Gasteiger partial charge in [-0.25, -0.2) is 4.79 Å². The lowest BCUT2D eigenvalue weighted by molar-refractivity contribution is 0.0967. The van der Waals surface area contributed by atoms with Crippen LogP contribution in [0, 0.1) is 6.92 Å². The molecule has 0 atom stereocenters. The molecular formula is C15H13BrN2O2. The number of hydrogen-bond acceptors (Lipinski definition) is 2. The SMILES string of the molecule is Cc1ccc(NC(=O)NC(=O)c2ccccc2)c(Br)c1. The third kappa shape index (κ3) is 3.68. The van der Waals surface area contributed by atoms with Crippen LogP contribution < -0.4 is 10.6 Å². The van der Waals surface area contributed by atoms with Gasteiger partial charge in [-0.1, -0.05) is 24.3 Å². The quantitative estimate of drug-likeness (QED) is 0.880. The number of nitrogens with one attached hydrogen (secondary N) is 2. The number of carbonyl (C=O) groups is 2. The summed E-state index contributed by atoms with van der Waals surface area (Å²) < 4.78 is 0.764. The first kappa shape index (κ1) is 14.3. The Hall–Kier alpha value is -2.14. The van der Waals surface area contributed by atoms with Crippen LogP contribution in [0.4, 0.5) is 10.5 Å². The van der Waals surface area contributed by atoms with Crippen LogP contribution in [0.5, 0.6) is 0 Å². The molecule has 0 heterocycles. The van der Waals surface area contributed by atoms with Crippen molar-refractivity contribution in [3.8, 4) is 0 Å². The number of amides is 3. The largest absolute Gasteiger partial charge is 0.326 e. The summed E-state index contributed by atoms with van der Waals surface area (Å²) in [5.41, 5.74) is 2.11. The van der Waals surface area contributed by atoms with Gasteiger partial charge in [0.1, 0.15) is 0 Å². The molecule has 0 fully saturated rings. The number of carbonyl (C=O) groups excluding carboxylic acids is 2. The van der Waals surface area contributed by atoms with E-state index < -0.39 is 11.9 Å². The van der Waals surface area contributed by atoms with Gasteiger partial charge in [-0.2, -0.15) is 0 Å². The minimum absolute atomic E-state index is 0.436. The highest BCUT2D eigenvalue weighted by Gasteiger charge is 2.10. The first-order valence-corrected chi connectivity index (χ1v) is 6.79. The first-order valence-electron chi connectivity index (χ1n) is 6.00. The van der Waals surface area contributed by atoms with Gasteiger partial charge in [-0.05, 0) is 52.7 Å². The Kier molecular flexibility index (Phi) is 4.53. The maximum absolute atomic E-state index is 11.8. The molecule has 0 saturated carbocycles. The van der Waals surface area contributed by atoms with E-state index in [1.807, 2.05) is 19.1 Å². The maximum Gasteiger partial charge on any atom is 0.326 e. The Morgan fingerprint density at radius 2 is 1.75 bits per heavy atom. The Balaban J connectivity index is 2.01. The Morgan fingerprint density at radius 1 is 1.05 bits per heavy atom. The minimum Gasteiger partial charge on any atom is -0.307 e. The molecule has 0 radical (unpaired) electrons. The summed E-state index contributed by atoms with van der Waals surface area (Å²) in [7, 11) is 0. The Bertz CT molecular complexity index is 642. The zero-order valence-corrected chi connectivity index (χ0v) is 12.4. The van der Waals surface area contributed by atoms with Gasteiger partial charge in [0, 0.05) is 10.0 Å². The summed E-state index contributed by atoms with van der Waals surface area (Å²) in [5.74, 6) is -0.439. The van der Waals surface area contributed by atoms with E-state index in [9.17, 15) is 9.59 Å². The molecule has 2 N–H and O–H groups in total. The predicted molar refractivity (Wildman–Crippen MR) is 81.8 cm³/mol. The third-order valence-electron chi connectivity index (χ3n) is 2.64. The third-order valence-corrected chi connectivity index (χ3v) is 3.29. The van der Waals surface area contributed by atoms with Gasteiger partial charge >= 0.3 is 6.03 Å². The number of benzene rings is 2. The molecule has 0 bridgehead atoms. The summed E-state index contributed by atoms with van der Waals surface area (Å²) in [6.07, 6.45) is 0. The van der Waals surface area contributed by atoms with Crippen molar-refractivity contribution in [3.05, 3.63) is 64.1 Å². The van der Waals surface area contributed by atoms with E-state index in [2.05, 4.69) is 26.6 Å². The molecule has 2 aromatic rings. The number of imide groups is 1. The normalized spacial score (nSPS) is 9.90. The smallest absolute Gasteiger partial charge is 0.307 e. The number of rotatable bonds is 2. The highest BCUT2D eigenvalue weighted by atomic mass is 79.9. The van der Waals surface area contributed by atoms with Crippen molar-refractivity contribution < 1.29 is 9.59 Å². The molecule has 0 saturated heterocycles. The fourth-order valence-electron chi connectivity index (χ4n) is 1.64. The second-order valence-electron chi connectivity index (χ2n) is 4.26. The number of urea groups is 1. The van der Waals surface area contributed by atoms with E-state index in [1.165, 1.54) is 0 Å². The first-order chi connectivity index (χ1) is 9.56. The van der Waals surface area contributed by atoms with E-state index in [-0.39, 0.29) is 0 Å². The lowest BCUT2D eigenvalue weighted by Gasteiger charge is -2.09. The van der Waals surface area contributed by atoms with Gasteiger partial charge in [-0.15, -0.1) is 0 Å². The van der Waals surface area contributed by atoms with E-state index in [4.69, 9.17) is 0 Å². The fourth-order valence-corrected chi connectivity index (χ4v) is 2.23. The highest BCUT2D eigenvalue weighted by Crippen LogP contribution is 2.23. The van der Waals surface area contributed by atoms with E-state index in [1.54, 1.807) is 36.4 Å². The van der Waals surface area contributed by atoms with Crippen LogP contribution >= 0.6 is 15.9 Å². The van der Waals surface area contributed by atoms with Gasteiger partial charge in [0.05, 0.1) is 5.69 Å². The molecule has 3 amide bonds. The van der Waals surface area contributed by atoms with Crippen molar-refractivity contribution in [2.75, 3.05) is 5.32 Å². The summed E-state index contributed by atoms with van der Waals surface area (Å²) in [5, 5.41) is 4.90. The van der Waals surface area contributed by atoms with Crippen molar-refractivity contribution in [1.29, 1.82) is 0 Å². The number of hydrogen-bond donors (Lipinski definition) is 2. The molecule has 0 spiro atoms. The molecule has 2 aromatic carbocycles. The molecule has 5 heteroatoms. The lowest BCUT2D eigenvalue weighted by atomic mass is 10.2. The van der Waals surface area contributed by atoms with E-state index in [0.717, 1.165) is 10.0 Å². The molecule has 0 aliphatic heterocycles. The predicted octanol–water partition coefficient (Wildman–Crippen LogP) is 3.72. The van der Waals surface area contributed by atoms with Crippen molar-refractivity contribution in [2.45, 2.75) is 6.92 Å². The average Bonchev–Trinajstić information content (AvgIpc) is 2.43. The molecule has 102 valence electrons. The van der Waals surface area contributed by atoms with Crippen LogP contribution in [0.2, 0.25) is 0 Å². The van der Waals surface area contributed by atoms with Crippen molar-refractivity contribution in [3.63, 3.8) is 0 Å². The summed E-state index contributed by atoms with van der Waals surface area (Å²) in [6, 6.07) is 13.5. The Labute approximate surface area is 125 Å². The van der Waals surface area contributed by atoms with E-state index in [0.29, 0.717) is 11.3 Å². The molecule has 4 nitrogen and oxygen atoms in total. The van der Waals surface area contributed by atoms with E-state index >= 15 is 0 Å². The molecule has 2 rings (SSSR count). The van der Waals surface area contributed by atoms with Crippen LogP contribution in [-0.4, -0.2) is 11.9 Å². The second kappa shape index (κ2) is 6.34. The number of anilines is 1. The molecule has 0 aliphatic carbocycles. The van der Waals surface area contributed by atoms with Gasteiger partial charge in [-0.3, -0.25) is 10.1 Å². The van der Waals surface area contributed by atoms with Gasteiger partial charge in [0.2, 0.25) is 0 Å². The zero-order chi connectivity index (χ0) is 14.5. The molecule has 20 heavy (non-hydrogen) atoms.